The highest BCUT2D eigenvalue weighted by Crippen LogP contribution is 2.56. The van der Waals surface area contributed by atoms with E-state index in [0.29, 0.717) is 5.92 Å². The summed E-state index contributed by atoms with van der Waals surface area (Å²) in [4.78, 5) is 0. The summed E-state index contributed by atoms with van der Waals surface area (Å²) in [6.07, 6.45) is 5.90. The van der Waals surface area contributed by atoms with Gasteiger partial charge in [-0.1, -0.05) is 32.9 Å². The fourth-order valence-corrected chi connectivity index (χ4v) is 4.54. The fraction of sp³-hybridized carbons (Fsp3) is 0.579. The molecule has 1 fully saturated rings. The van der Waals surface area contributed by atoms with Crippen LogP contribution in [0.5, 0.6) is 5.75 Å². The zero-order valence-electron chi connectivity index (χ0n) is 13.9. The van der Waals surface area contributed by atoms with Gasteiger partial charge in [0.25, 0.3) is 0 Å². The van der Waals surface area contributed by atoms with Crippen molar-refractivity contribution in [2.24, 2.45) is 11.3 Å². The van der Waals surface area contributed by atoms with Crippen LogP contribution in [0.4, 0.5) is 0 Å². The van der Waals surface area contributed by atoms with Crippen LogP contribution in [0, 0.1) is 11.3 Å². The highest BCUT2D eigenvalue weighted by atomic mass is 16.5. The lowest BCUT2D eigenvalue weighted by Crippen LogP contribution is -2.52. The first-order valence-corrected chi connectivity index (χ1v) is 8.03. The summed E-state index contributed by atoms with van der Waals surface area (Å²) in [6.45, 7) is 6.60. The molecular formula is C19H26O3. The van der Waals surface area contributed by atoms with E-state index in [2.05, 4.69) is 39.0 Å². The highest BCUT2D eigenvalue weighted by Gasteiger charge is 2.52. The van der Waals surface area contributed by atoms with Crippen LogP contribution in [0.1, 0.15) is 50.3 Å². The minimum absolute atomic E-state index is 0.00587. The molecule has 3 nitrogen and oxygen atoms in total. The monoisotopic (exact) mass is 302 g/mol. The lowest BCUT2D eigenvalue weighted by Gasteiger charge is -2.54. The molecule has 0 aromatic heterocycles. The Morgan fingerprint density at radius 1 is 1.27 bits per heavy atom. The van der Waals surface area contributed by atoms with E-state index in [0.717, 1.165) is 29.7 Å². The van der Waals surface area contributed by atoms with Crippen LogP contribution in [0.15, 0.2) is 18.2 Å². The molecule has 3 atom stereocenters. The number of hydrogen-bond donors (Lipinski definition) is 2. The Morgan fingerprint density at radius 3 is 2.64 bits per heavy atom. The average Bonchev–Trinajstić information content (AvgIpc) is 2.50. The van der Waals surface area contributed by atoms with E-state index < -0.39 is 0 Å². The maximum absolute atomic E-state index is 10.4. The summed E-state index contributed by atoms with van der Waals surface area (Å²) >= 11 is 0. The van der Waals surface area contributed by atoms with Gasteiger partial charge >= 0.3 is 0 Å². The molecule has 0 saturated heterocycles. The molecule has 0 radical (unpaired) electrons. The summed E-state index contributed by atoms with van der Waals surface area (Å²) in [5, 5.41) is 20.0. The number of hydrogen-bond acceptors (Lipinski definition) is 3. The number of rotatable bonds is 2. The van der Waals surface area contributed by atoms with Gasteiger partial charge in [0, 0.05) is 11.0 Å². The molecule has 2 aliphatic rings. The molecule has 0 heterocycles. The van der Waals surface area contributed by atoms with Gasteiger partial charge < -0.3 is 14.9 Å². The van der Waals surface area contributed by atoms with Crippen LogP contribution in [-0.4, -0.2) is 23.4 Å². The Balaban J connectivity index is 2.16. The van der Waals surface area contributed by atoms with Gasteiger partial charge in [0.1, 0.15) is 5.75 Å². The Hall–Kier alpha value is -1.32. The van der Waals surface area contributed by atoms with Crippen LogP contribution in [-0.2, 0) is 12.0 Å². The number of benzene rings is 1. The van der Waals surface area contributed by atoms with Crippen molar-refractivity contribution in [2.45, 2.75) is 51.7 Å². The molecular weight excluding hydrogens is 276 g/mol. The molecule has 0 unspecified atom stereocenters. The van der Waals surface area contributed by atoms with Gasteiger partial charge in [-0.2, -0.15) is 0 Å². The van der Waals surface area contributed by atoms with E-state index in [1.54, 1.807) is 7.11 Å². The first kappa shape index (κ1) is 15.6. The molecule has 0 aliphatic heterocycles. The average molecular weight is 302 g/mol. The van der Waals surface area contributed by atoms with Gasteiger partial charge in [0.15, 0.2) is 0 Å². The van der Waals surface area contributed by atoms with Crippen molar-refractivity contribution in [3.8, 4) is 5.75 Å². The molecule has 2 N–H and O–H groups in total. The van der Waals surface area contributed by atoms with Gasteiger partial charge in [0.05, 0.1) is 19.8 Å². The first-order valence-electron chi connectivity index (χ1n) is 8.03. The van der Waals surface area contributed by atoms with E-state index in [-0.39, 0.29) is 23.5 Å². The highest BCUT2D eigenvalue weighted by molar-refractivity contribution is 5.64. The van der Waals surface area contributed by atoms with Crippen molar-refractivity contribution in [3.63, 3.8) is 0 Å². The third-order valence-electron chi connectivity index (χ3n) is 5.99. The molecule has 1 aromatic rings. The second-order valence-corrected chi connectivity index (χ2v) is 7.54. The maximum Gasteiger partial charge on any atom is 0.124 e. The van der Waals surface area contributed by atoms with Gasteiger partial charge in [-0.05, 0) is 47.4 Å². The van der Waals surface area contributed by atoms with Crippen molar-refractivity contribution in [1.29, 1.82) is 0 Å². The summed E-state index contributed by atoms with van der Waals surface area (Å²) in [6, 6.07) is 4.12. The van der Waals surface area contributed by atoms with Gasteiger partial charge in [-0.25, -0.2) is 0 Å². The van der Waals surface area contributed by atoms with E-state index in [1.807, 2.05) is 6.07 Å². The second kappa shape index (κ2) is 5.10. The molecule has 22 heavy (non-hydrogen) atoms. The Bertz CT molecular complexity index is 617. The van der Waals surface area contributed by atoms with Crippen LogP contribution in [0.2, 0.25) is 0 Å². The molecule has 3 heteroatoms. The van der Waals surface area contributed by atoms with Crippen molar-refractivity contribution in [3.05, 3.63) is 34.9 Å². The maximum atomic E-state index is 10.4. The second-order valence-electron chi connectivity index (χ2n) is 7.54. The lowest BCUT2D eigenvalue weighted by atomic mass is 9.51. The normalized spacial score (nSPS) is 32.3. The van der Waals surface area contributed by atoms with Crippen LogP contribution < -0.4 is 4.74 Å². The fourth-order valence-electron chi connectivity index (χ4n) is 4.54. The predicted molar refractivity (Wildman–Crippen MR) is 87.8 cm³/mol. The largest absolute Gasteiger partial charge is 0.496 e. The molecule has 0 spiro atoms. The van der Waals surface area contributed by atoms with Gasteiger partial charge in [0.2, 0.25) is 0 Å². The van der Waals surface area contributed by atoms with Crippen molar-refractivity contribution >= 4 is 6.08 Å². The number of aliphatic hydroxyl groups is 2. The minimum atomic E-state index is -0.268. The molecule has 0 bridgehead atoms. The molecule has 0 amide bonds. The van der Waals surface area contributed by atoms with Crippen molar-refractivity contribution in [1.82, 2.24) is 0 Å². The molecule has 3 rings (SSSR count). The third-order valence-corrected chi connectivity index (χ3v) is 5.99. The van der Waals surface area contributed by atoms with Crippen molar-refractivity contribution < 1.29 is 14.9 Å². The van der Waals surface area contributed by atoms with Crippen LogP contribution in [0.3, 0.4) is 0 Å². The number of methoxy groups -OCH3 is 1. The number of allylic oxidation sites excluding steroid dienone is 1. The van der Waals surface area contributed by atoms with Crippen LogP contribution >= 0.6 is 0 Å². The molecule has 2 aliphatic carbocycles. The zero-order valence-corrected chi connectivity index (χ0v) is 13.9. The van der Waals surface area contributed by atoms with Gasteiger partial charge in [-0.15, -0.1) is 0 Å². The number of aliphatic hydroxyl groups excluding tert-OH is 2. The first-order chi connectivity index (χ1) is 10.3. The quantitative estimate of drug-likeness (QED) is 0.881. The Labute approximate surface area is 132 Å². The molecule has 1 aromatic carbocycles. The topological polar surface area (TPSA) is 49.7 Å². The number of fused-ring (bicyclic) bond motifs is 3. The van der Waals surface area contributed by atoms with E-state index in [4.69, 9.17) is 4.74 Å². The number of ether oxygens (including phenoxy) is 1. The van der Waals surface area contributed by atoms with Crippen LogP contribution in [0.25, 0.3) is 6.08 Å². The summed E-state index contributed by atoms with van der Waals surface area (Å²) in [5.74, 6) is 1.04. The summed E-state index contributed by atoms with van der Waals surface area (Å²) < 4.78 is 5.47. The smallest absolute Gasteiger partial charge is 0.124 e. The molecule has 120 valence electrons. The zero-order chi connectivity index (χ0) is 16.1. The van der Waals surface area contributed by atoms with Crippen molar-refractivity contribution in [2.75, 3.05) is 7.11 Å². The molecule has 1 saturated carbocycles. The Kier molecular flexibility index (Phi) is 3.61. The standard InChI is InChI=1S/C19H26O3/c1-18(2)16-6-5-12-9-13(11-20)15(22-4)10-14(12)19(16,3)8-7-17(18)21/h5-6,9-10,16-17,20-21H,7-8,11H2,1-4H3/t16-,17-,19+/m1/s1. The minimum Gasteiger partial charge on any atom is -0.496 e. The van der Waals surface area contributed by atoms with E-state index >= 15 is 0 Å². The lowest BCUT2D eigenvalue weighted by molar-refractivity contribution is -0.0483. The Morgan fingerprint density at radius 2 is 2.00 bits per heavy atom. The SMILES string of the molecule is COc1cc2c(cc1CO)C=C[C@@H]1C(C)(C)[C@H](O)CC[C@@]21C. The third kappa shape index (κ3) is 2.03. The predicted octanol–water partition coefficient (Wildman–Crippen LogP) is 3.27. The van der Waals surface area contributed by atoms with Gasteiger partial charge in [-0.3, -0.25) is 0 Å². The van der Waals surface area contributed by atoms with E-state index in [9.17, 15) is 10.2 Å². The summed E-state index contributed by atoms with van der Waals surface area (Å²) in [7, 11) is 1.65. The van der Waals surface area contributed by atoms with E-state index in [1.165, 1.54) is 5.56 Å². The summed E-state index contributed by atoms with van der Waals surface area (Å²) in [5.41, 5.74) is 3.10.